The lowest BCUT2D eigenvalue weighted by atomic mass is 10.3. The lowest BCUT2D eigenvalue weighted by molar-refractivity contribution is 0.322. The van der Waals surface area contributed by atoms with Crippen LogP contribution < -0.4 is 10.1 Å². The van der Waals surface area contributed by atoms with Crippen LogP contribution in [-0.2, 0) is 0 Å². The molecule has 1 aliphatic heterocycles. The van der Waals surface area contributed by atoms with Crippen LogP contribution in [-0.4, -0.2) is 18.1 Å². The molecule has 0 saturated heterocycles. The van der Waals surface area contributed by atoms with Gasteiger partial charge in [0.1, 0.15) is 12.4 Å². The molecule has 1 aliphatic rings. The summed E-state index contributed by atoms with van der Waals surface area (Å²) >= 11 is 0. The number of nitrogens with one attached hydrogen (secondary N) is 1. The van der Waals surface area contributed by atoms with Gasteiger partial charge in [-0.2, -0.15) is 0 Å². The monoisotopic (exact) mass is 150 g/mol. The van der Waals surface area contributed by atoms with Crippen molar-refractivity contribution in [2.24, 2.45) is 0 Å². The third-order valence-electron chi connectivity index (χ3n) is 1.68. The Morgan fingerprint density at radius 1 is 1.64 bits per heavy atom. The van der Waals surface area contributed by atoms with E-state index in [1.54, 1.807) is 0 Å². The van der Waals surface area contributed by atoms with Gasteiger partial charge in [-0.05, 0) is 6.92 Å². The van der Waals surface area contributed by atoms with Gasteiger partial charge in [-0.15, -0.1) is 0 Å². The summed E-state index contributed by atoms with van der Waals surface area (Å²) in [4.78, 5) is 4.15. The first kappa shape index (κ1) is 6.46. The molecule has 0 atom stereocenters. The van der Waals surface area contributed by atoms with E-state index in [-0.39, 0.29) is 0 Å². The Morgan fingerprint density at radius 3 is 3.45 bits per heavy atom. The molecule has 3 heteroatoms. The van der Waals surface area contributed by atoms with Gasteiger partial charge in [0, 0.05) is 18.3 Å². The molecule has 3 nitrogen and oxygen atoms in total. The van der Waals surface area contributed by atoms with Gasteiger partial charge in [0.2, 0.25) is 0 Å². The summed E-state index contributed by atoms with van der Waals surface area (Å²) in [7, 11) is 0. The van der Waals surface area contributed by atoms with E-state index in [4.69, 9.17) is 4.74 Å². The number of ether oxygens (including phenoxy) is 1. The number of hydrogen-bond donors (Lipinski definition) is 1. The Hall–Kier alpha value is -1.25. The summed E-state index contributed by atoms with van der Waals surface area (Å²) in [5, 5.41) is 3.20. The van der Waals surface area contributed by atoms with Crippen LogP contribution in [0.25, 0.3) is 0 Å². The predicted octanol–water partition coefficient (Wildman–Crippen LogP) is 1.19. The Kier molecular flexibility index (Phi) is 1.42. The van der Waals surface area contributed by atoms with Crippen LogP contribution in [0, 0.1) is 6.92 Å². The highest BCUT2D eigenvalue weighted by molar-refractivity contribution is 5.56. The molecule has 0 aromatic carbocycles. The second kappa shape index (κ2) is 2.42. The molecule has 0 radical (unpaired) electrons. The fraction of sp³-hybridized carbons (Fsp3) is 0.375. The summed E-state index contributed by atoms with van der Waals surface area (Å²) in [5.41, 5.74) is 1.99. The summed E-state index contributed by atoms with van der Waals surface area (Å²) < 4.78 is 5.40. The van der Waals surface area contributed by atoms with Crippen LogP contribution >= 0.6 is 0 Å². The molecule has 0 spiro atoms. The predicted molar refractivity (Wildman–Crippen MR) is 43.0 cm³/mol. The Morgan fingerprint density at radius 2 is 2.55 bits per heavy atom. The van der Waals surface area contributed by atoms with Gasteiger partial charge in [0.05, 0.1) is 11.9 Å². The van der Waals surface area contributed by atoms with E-state index in [0.29, 0.717) is 0 Å². The van der Waals surface area contributed by atoms with Crippen LogP contribution in [0.15, 0.2) is 12.3 Å². The normalized spacial score (nSPS) is 14.6. The van der Waals surface area contributed by atoms with Gasteiger partial charge in [-0.1, -0.05) is 0 Å². The molecule has 2 rings (SSSR count). The Bertz CT molecular complexity index is 273. The number of rotatable bonds is 0. The molecule has 58 valence electrons. The van der Waals surface area contributed by atoms with E-state index in [2.05, 4.69) is 10.3 Å². The van der Waals surface area contributed by atoms with E-state index in [0.717, 1.165) is 30.3 Å². The van der Waals surface area contributed by atoms with Gasteiger partial charge in [0.15, 0.2) is 0 Å². The van der Waals surface area contributed by atoms with E-state index in [9.17, 15) is 0 Å². The van der Waals surface area contributed by atoms with Crippen molar-refractivity contribution in [3.05, 3.63) is 18.0 Å². The Labute approximate surface area is 65.4 Å². The molecule has 11 heavy (non-hydrogen) atoms. The van der Waals surface area contributed by atoms with Gasteiger partial charge in [0.25, 0.3) is 0 Å². The highest BCUT2D eigenvalue weighted by Gasteiger charge is 2.08. The molecule has 1 aromatic heterocycles. The largest absolute Gasteiger partial charge is 0.489 e. The second-order valence-corrected chi connectivity index (χ2v) is 2.60. The zero-order chi connectivity index (χ0) is 7.68. The van der Waals surface area contributed by atoms with Crippen molar-refractivity contribution < 1.29 is 4.74 Å². The molecular weight excluding hydrogens is 140 g/mol. The van der Waals surface area contributed by atoms with Crippen molar-refractivity contribution in [1.82, 2.24) is 4.98 Å². The zero-order valence-electron chi connectivity index (χ0n) is 6.42. The number of pyridine rings is 1. The maximum Gasteiger partial charge on any atom is 0.145 e. The third kappa shape index (κ3) is 1.13. The average Bonchev–Trinajstić information content (AvgIpc) is 2.04. The maximum atomic E-state index is 5.40. The highest BCUT2D eigenvalue weighted by atomic mass is 16.5. The first-order valence-corrected chi connectivity index (χ1v) is 3.69. The third-order valence-corrected chi connectivity index (χ3v) is 1.68. The van der Waals surface area contributed by atoms with Gasteiger partial charge >= 0.3 is 0 Å². The minimum atomic E-state index is 0.746. The molecular formula is C8H10N2O. The second-order valence-electron chi connectivity index (χ2n) is 2.60. The first-order valence-electron chi connectivity index (χ1n) is 3.69. The van der Waals surface area contributed by atoms with Gasteiger partial charge in [-0.3, -0.25) is 4.98 Å². The quantitative estimate of drug-likeness (QED) is 0.603. The standard InChI is InChI=1S/C8H10N2O/c1-6-4-8-7(5-10-6)9-2-3-11-8/h4-5,9H,2-3H2,1H3. The molecule has 0 bridgehead atoms. The summed E-state index contributed by atoms with van der Waals surface area (Å²) in [5.74, 6) is 0.920. The summed E-state index contributed by atoms with van der Waals surface area (Å²) in [6, 6.07) is 1.95. The minimum Gasteiger partial charge on any atom is -0.489 e. The number of aromatic nitrogens is 1. The SMILES string of the molecule is Cc1cc2c(cn1)NCCO2. The maximum absolute atomic E-state index is 5.40. The summed E-state index contributed by atoms with van der Waals surface area (Å²) in [6.07, 6.45) is 1.81. The van der Waals surface area contributed by atoms with Crippen molar-refractivity contribution in [1.29, 1.82) is 0 Å². The van der Waals surface area contributed by atoms with Gasteiger partial charge < -0.3 is 10.1 Å². The van der Waals surface area contributed by atoms with Crippen LogP contribution in [0.4, 0.5) is 5.69 Å². The lowest BCUT2D eigenvalue weighted by Crippen LogP contribution is -2.18. The van der Waals surface area contributed by atoms with E-state index < -0.39 is 0 Å². The van der Waals surface area contributed by atoms with Crippen molar-refractivity contribution in [3.8, 4) is 5.75 Å². The lowest BCUT2D eigenvalue weighted by Gasteiger charge is -2.18. The highest BCUT2D eigenvalue weighted by Crippen LogP contribution is 2.25. The van der Waals surface area contributed by atoms with Crippen LogP contribution in [0.2, 0.25) is 0 Å². The number of hydrogen-bond acceptors (Lipinski definition) is 3. The average molecular weight is 150 g/mol. The molecule has 2 heterocycles. The Balaban J connectivity index is 2.43. The molecule has 0 unspecified atom stereocenters. The number of nitrogens with zero attached hydrogens (tertiary/aromatic N) is 1. The van der Waals surface area contributed by atoms with Crippen LogP contribution in [0.3, 0.4) is 0 Å². The molecule has 0 amide bonds. The summed E-state index contributed by atoms with van der Waals surface area (Å²) in [6.45, 7) is 3.58. The van der Waals surface area contributed by atoms with E-state index in [1.807, 2.05) is 19.2 Å². The van der Waals surface area contributed by atoms with E-state index >= 15 is 0 Å². The van der Waals surface area contributed by atoms with Crippen molar-refractivity contribution in [2.45, 2.75) is 6.92 Å². The van der Waals surface area contributed by atoms with Gasteiger partial charge in [-0.25, -0.2) is 0 Å². The fourth-order valence-electron chi connectivity index (χ4n) is 1.13. The number of fused-ring (bicyclic) bond motifs is 1. The topological polar surface area (TPSA) is 34.2 Å². The molecule has 1 N–H and O–H groups in total. The number of anilines is 1. The van der Waals surface area contributed by atoms with Crippen LogP contribution in [0.1, 0.15) is 5.69 Å². The number of aryl methyl sites for hydroxylation is 1. The molecule has 0 fully saturated rings. The first-order chi connectivity index (χ1) is 5.36. The molecule has 1 aromatic rings. The van der Waals surface area contributed by atoms with Crippen molar-refractivity contribution in [3.63, 3.8) is 0 Å². The fourth-order valence-corrected chi connectivity index (χ4v) is 1.13. The molecule has 0 aliphatic carbocycles. The molecule has 0 saturated carbocycles. The van der Waals surface area contributed by atoms with Crippen LogP contribution in [0.5, 0.6) is 5.75 Å². The minimum absolute atomic E-state index is 0.746. The van der Waals surface area contributed by atoms with Crippen molar-refractivity contribution in [2.75, 3.05) is 18.5 Å². The zero-order valence-corrected chi connectivity index (χ0v) is 6.42. The van der Waals surface area contributed by atoms with Crippen molar-refractivity contribution >= 4 is 5.69 Å². The van der Waals surface area contributed by atoms with E-state index in [1.165, 1.54) is 0 Å². The smallest absolute Gasteiger partial charge is 0.145 e.